The summed E-state index contributed by atoms with van der Waals surface area (Å²) in [5, 5.41) is 0. The van der Waals surface area contributed by atoms with Crippen molar-refractivity contribution in [1.82, 2.24) is 4.90 Å². The third-order valence-electron chi connectivity index (χ3n) is 1.80. The maximum Gasteiger partial charge on any atom is 0.00891 e. The summed E-state index contributed by atoms with van der Waals surface area (Å²) in [6.45, 7) is 8.00. The lowest BCUT2D eigenvalue weighted by Gasteiger charge is -2.31. The van der Waals surface area contributed by atoms with Crippen LogP contribution in [0.3, 0.4) is 0 Å². The molecule has 0 unspecified atom stereocenters. The number of nitrogens with zero attached hydrogens (tertiary/aromatic N) is 1. The van der Waals surface area contributed by atoms with Crippen LogP contribution in [-0.2, 0) is 0 Å². The molecule has 0 amide bonds. The fraction of sp³-hybridized carbons (Fsp3) is 1.00. The molecule has 1 fully saturated rings. The van der Waals surface area contributed by atoms with Crippen LogP contribution in [0.25, 0.3) is 0 Å². The Bertz CT molecular complexity index is 55.9. The Morgan fingerprint density at radius 2 is 1.27 bits per heavy atom. The molecule has 1 heteroatoms. The molecule has 0 spiro atoms. The van der Waals surface area contributed by atoms with E-state index >= 15 is 0 Å². The van der Waals surface area contributed by atoms with E-state index in [1.807, 2.05) is 27.7 Å². The zero-order valence-electron chi connectivity index (χ0n) is 9.15. The zero-order valence-corrected chi connectivity index (χ0v) is 9.15. The fourth-order valence-corrected chi connectivity index (χ4v) is 0.903. The van der Waals surface area contributed by atoms with Crippen LogP contribution in [0.2, 0.25) is 0 Å². The van der Waals surface area contributed by atoms with E-state index in [-0.39, 0.29) is 0 Å². The van der Waals surface area contributed by atoms with Crippen LogP contribution in [0.1, 0.15) is 47.0 Å². The summed E-state index contributed by atoms with van der Waals surface area (Å²) < 4.78 is 0. The summed E-state index contributed by atoms with van der Waals surface area (Å²) in [7, 11) is 4.31. The molecule has 0 radical (unpaired) electrons. The van der Waals surface area contributed by atoms with Gasteiger partial charge in [-0.15, -0.1) is 0 Å². The predicted molar refractivity (Wildman–Crippen MR) is 54.0 cm³/mol. The van der Waals surface area contributed by atoms with Crippen molar-refractivity contribution < 1.29 is 0 Å². The molecule has 0 atom stereocenters. The molecule has 0 bridgehead atoms. The van der Waals surface area contributed by atoms with E-state index in [4.69, 9.17) is 0 Å². The molecule has 1 rings (SSSR count). The summed E-state index contributed by atoms with van der Waals surface area (Å²) in [6.07, 6.45) is 4.29. The molecule has 0 aliphatic heterocycles. The van der Waals surface area contributed by atoms with Crippen LogP contribution >= 0.6 is 0 Å². The molecule has 1 nitrogen and oxygen atoms in total. The van der Waals surface area contributed by atoms with Gasteiger partial charge in [-0.05, 0) is 26.9 Å². The molecule has 1 saturated carbocycles. The Hall–Kier alpha value is -0.0400. The summed E-state index contributed by atoms with van der Waals surface area (Å²) in [6, 6.07) is 0.917. The van der Waals surface area contributed by atoms with Gasteiger partial charge in [0.25, 0.3) is 0 Å². The molecule has 1 aliphatic carbocycles. The molecule has 0 saturated heterocycles. The second-order valence-electron chi connectivity index (χ2n) is 2.55. The maximum absolute atomic E-state index is 2.31. The molecule has 70 valence electrons. The Labute approximate surface area is 72.8 Å². The summed E-state index contributed by atoms with van der Waals surface area (Å²) in [5.41, 5.74) is 0. The fourth-order valence-electron chi connectivity index (χ4n) is 0.903. The smallest absolute Gasteiger partial charge is 0.00891 e. The monoisotopic (exact) mass is 159 g/mol. The average molecular weight is 159 g/mol. The molecule has 0 aromatic carbocycles. The topological polar surface area (TPSA) is 3.24 Å². The minimum Gasteiger partial charge on any atom is -0.306 e. The van der Waals surface area contributed by atoms with E-state index in [1.54, 1.807) is 0 Å². The van der Waals surface area contributed by atoms with Crippen molar-refractivity contribution in [2.45, 2.75) is 53.0 Å². The van der Waals surface area contributed by atoms with E-state index < -0.39 is 0 Å². The second kappa shape index (κ2) is 9.96. The largest absolute Gasteiger partial charge is 0.306 e. The number of hydrogen-bond acceptors (Lipinski definition) is 1. The highest BCUT2D eigenvalue weighted by Gasteiger charge is 2.18. The van der Waals surface area contributed by atoms with Crippen molar-refractivity contribution in [3.63, 3.8) is 0 Å². The third-order valence-corrected chi connectivity index (χ3v) is 1.80. The van der Waals surface area contributed by atoms with Crippen LogP contribution in [-0.4, -0.2) is 25.0 Å². The van der Waals surface area contributed by atoms with Crippen molar-refractivity contribution in [3.8, 4) is 0 Å². The van der Waals surface area contributed by atoms with Gasteiger partial charge in [0.1, 0.15) is 0 Å². The quantitative estimate of drug-likeness (QED) is 0.568. The molecule has 0 N–H and O–H groups in total. The van der Waals surface area contributed by atoms with Gasteiger partial charge in [0.05, 0.1) is 0 Å². The lowest BCUT2D eigenvalue weighted by molar-refractivity contribution is 0.193. The van der Waals surface area contributed by atoms with Crippen molar-refractivity contribution in [2.24, 2.45) is 0 Å². The first-order valence-corrected chi connectivity index (χ1v) is 4.97. The normalized spacial score (nSPS) is 15.5. The lowest BCUT2D eigenvalue weighted by Crippen LogP contribution is -2.33. The Kier molecular flexibility index (Phi) is 12.3. The van der Waals surface area contributed by atoms with Gasteiger partial charge < -0.3 is 4.90 Å². The second-order valence-corrected chi connectivity index (χ2v) is 2.55. The van der Waals surface area contributed by atoms with E-state index in [1.165, 1.54) is 19.3 Å². The number of hydrogen-bond donors (Lipinski definition) is 0. The Morgan fingerprint density at radius 1 is 0.909 bits per heavy atom. The molecular weight excluding hydrogens is 134 g/mol. The van der Waals surface area contributed by atoms with E-state index in [0.29, 0.717) is 0 Å². The van der Waals surface area contributed by atoms with Gasteiger partial charge in [-0.3, -0.25) is 0 Å². The van der Waals surface area contributed by atoms with Gasteiger partial charge >= 0.3 is 0 Å². The highest BCUT2D eigenvalue weighted by molar-refractivity contribution is 4.75. The summed E-state index contributed by atoms with van der Waals surface area (Å²) in [5.74, 6) is 0. The first-order valence-electron chi connectivity index (χ1n) is 4.97. The van der Waals surface area contributed by atoms with Crippen LogP contribution in [0.4, 0.5) is 0 Å². The zero-order chi connectivity index (χ0) is 9.28. The van der Waals surface area contributed by atoms with Crippen LogP contribution in [0, 0.1) is 0 Å². The van der Waals surface area contributed by atoms with Crippen LogP contribution < -0.4 is 0 Å². The molecule has 1 aliphatic rings. The maximum atomic E-state index is 2.31. The Balaban J connectivity index is 0. The number of rotatable bonds is 1. The van der Waals surface area contributed by atoms with Gasteiger partial charge in [0.2, 0.25) is 0 Å². The average Bonchev–Trinajstić information content (AvgIpc) is 1.92. The van der Waals surface area contributed by atoms with E-state index in [0.717, 1.165) is 6.04 Å². The van der Waals surface area contributed by atoms with Gasteiger partial charge in [-0.25, -0.2) is 0 Å². The SMILES string of the molecule is CC.CC.CN(C)C1CCC1. The van der Waals surface area contributed by atoms with Gasteiger partial charge in [0, 0.05) is 6.04 Å². The van der Waals surface area contributed by atoms with Gasteiger partial charge in [-0.2, -0.15) is 0 Å². The summed E-state index contributed by atoms with van der Waals surface area (Å²) >= 11 is 0. The standard InChI is InChI=1S/C6H13N.2C2H6/c1-7(2)6-4-3-5-6;2*1-2/h6H,3-5H2,1-2H3;2*1-2H3. The third kappa shape index (κ3) is 6.36. The minimum atomic E-state index is 0.917. The summed E-state index contributed by atoms with van der Waals surface area (Å²) in [4.78, 5) is 2.31. The van der Waals surface area contributed by atoms with Gasteiger partial charge in [0.15, 0.2) is 0 Å². The molecule has 11 heavy (non-hydrogen) atoms. The molecule has 0 aromatic rings. The van der Waals surface area contributed by atoms with Crippen LogP contribution in [0.5, 0.6) is 0 Å². The van der Waals surface area contributed by atoms with Crippen molar-refractivity contribution >= 4 is 0 Å². The Morgan fingerprint density at radius 3 is 1.27 bits per heavy atom. The highest BCUT2D eigenvalue weighted by atomic mass is 15.1. The van der Waals surface area contributed by atoms with Gasteiger partial charge in [-0.1, -0.05) is 34.1 Å². The van der Waals surface area contributed by atoms with E-state index in [9.17, 15) is 0 Å². The van der Waals surface area contributed by atoms with E-state index in [2.05, 4.69) is 19.0 Å². The molecular formula is C10H25N. The molecule has 0 heterocycles. The first-order chi connectivity index (χ1) is 5.30. The minimum absolute atomic E-state index is 0.917. The predicted octanol–water partition coefficient (Wildman–Crippen LogP) is 3.15. The highest BCUT2D eigenvalue weighted by Crippen LogP contribution is 2.21. The van der Waals surface area contributed by atoms with Crippen molar-refractivity contribution in [3.05, 3.63) is 0 Å². The molecule has 0 aromatic heterocycles. The lowest BCUT2D eigenvalue weighted by atomic mass is 9.92. The first kappa shape index (κ1) is 13.5. The van der Waals surface area contributed by atoms with Crippen molar-refractivity contribution in [1.29, 1.82) is 0 Å². The van der Waals surface area contributed by atoms with Crippen LogP contribution in [0.15, 0.2) is 0 Å². The van der Waals surface area contributed by atoms with Crippen molar-refractivity contribution in [2.75, 3.05) is 14.1 Å².